The van der Waals surface area contributed by atoms with Crippen LogP contribution in [0.3, 0.4) is 0 Å². The van der Waals surface area contributed by atoms with Crippen molar-refractivity contribution in [2.75, 3.05) is 13.2 Å². The summed E-state index contributed by atoms with van der Waals surface area (Å²) in [6.45, 7) is 4.92. The van der Waals surface area contributed by atoms with E-state index in [1.165, 1.54) is 231 Å². The molecule has 0 heterocycles. The summed E-state index contributed by atoms with van der Waals surface area (Å²) in [6, 6.07) is -0.555. The van der Waals surface area contributed by atoms with Gasteiger partial charge in [0.15, 0.2) is 0 Å². The molecule has 0 rings (SSSR count). The third-order valence-electron chi connectivity index (χ3n) is 14.7. The summed E-state index contributed by atoms with van der Waals surface area (Å²) in [5.74, 6) is -0.0646. The van der Waals surface area contributed by atoms with Crippen molar-refractivity contribution < 1.29 is 24.5 Å². The molecular formula is C65H123NO5. The standard InChI is InChI=1S/C65H123NO5/c1-3-5-7-9-11-13-15-17-19-21-23-24-25-26-29-33-37-41-45-49-53-57-63(68)62(61-67)66-64(69)58-54-50-46-42-38-34-30-28-32-36-40-44-48-52-56-60-71-65(70)59-55-51-47-43-39-35-31-27-22-20-18-16-14-12-10-8-6-4-2/h14,16,20,22,32,36,62-63,67-68H,3-13,15,17-19,21,23-31,33-35,37-61H2,1-2H3,(H,66,69)/b16-14-,22-20-,36-32-. The average Bonchev–Trinajstić information content (AvgIpc) is 3.37. The number of carbonyl (C=O) groups is 2. The van der Waals surface area contributed by atoms with Crippen molar-refractivity contribution in [3.8, 4) is 0 Å². The predicted molar refractivity (Wildman–Crippen MR) is 310 cm³/mol. The minimum absolute atomic E-state index is 0.0168. The average molecular weight is 999 g/mol. The zero-order valence-electron chi connectivity index (χ0n) is 47.7. The zero-order valence-corrected chi connectivity index (χ0v) is 47.7. The molecule has 1 amide bonds. The summed E-state index contributed by atoms with van der Waals surface area (Å²) in [5, 5.41) is 23.4. The van der Waals surface area contributed by atoms with Crippen LogP contribution in [0.15, 0.2) is 36.5 Å². The molecule has 6 nitrogen and oxygen atoms in total. The van der Waals surface area contributed by atoms with E-state index >= 15 is 0 Å². The normalized spacial score (nSPS) is 12.8. The molecule has 0 saturated heterocycles. The quantitative estimate of drug-likeness (QED) is 0.0321. The van der Waals surface area contributed by atoms with Crippen LogP contribution in [0.5, 0.6) is 0 Å². The van der Waals surface area contributed by atoms with Gasteiger partial charge in [-0.15, -0.1) is 0 Å². The molecule has 0 spiro atoms. The van der Waals surface area contributed by atoms with E-state index in [1.807, 2.05) is 0 Å². The topological polar surface area (TPSA) is 95.9 Å². The van der Waals surface area contributed by atoms with Crippen LogP contribution in [0.4, 0.5) is 0 Å². The maximum absolute atomic E-state index is 12.5. The first-order chi connectivity index (χ1) is 35.0. The lowest BCUT2D eigenvalue weighted by Crippen LogP contribution is -2.45. The predicted octanol–water partition coefficient (Wildman–Crippen LogP) is 20.0. The fourth-order valence-electron chi connectivity index (χ4n) is 9.78. The monoisotopic (exact) mass is 998 g/mol. The van der Waals surface area contributed by atoms with Gasteiger partial charge in [-0.1, -0.05) is 281 Å². The van der Waals surface area contributed by atoms with Gasteiger partial charge in [-0.2, -0.15) is 0 Å². The van der Waals surface area contributed by atoms with Crippen LogP contribution in [0.25, 0.3) is 0 Å². The number of esters is 1. The lowest BCUT2D eigenvalue weighted by atomic mass is 10.0. The lowest BCUT2D eigenvalue weighted by Gasteiger charge is -2.22. The number of aliphatic hydroxyl groups excluding tert-OH is 2. The molecule has 0 bridgehead atoms. The summed E-state index contributed by atoms with van der Waals surface area (Å²) in [6.07, 6.45) is 75.8. The highest BCUT2D eigenvalue weighted by molar-refractivity contribution is 5.76. The van der Waals surface area contributed by atoms with Gasteiger partial charge in [-0.05, 0) is 83.5 Å². The van der Waals surface area contributed by atoms with Gasteiger partial charge in [0.2, 0.25) is 5.91 Å². The van der Waals surface area contributed by atoms with Gasteiger partial charge in [0, 0.05) is 12.8 Å². The fourth-order valence-corrected chi connectivity index (χ4v) is 9.78. The van der Waals surface area contributed by atoms with Crippen molar-refractivity contribution in [1.29, 1.82) is 0 Å². The maximum Gasteiger partial charge on any atom is 0.305 e. The molecule has 418 valence electrons. The van der Waals surface area contributed by atoms with E-state index in [-0.39, 0.29) is 18.5 Å². The van der Waals surface area contributed by atoms with E-state index in [9.17, 15) is 19.8 Å². The third kappa shape index (κ3) is 57.2. The van der Waals surface area contributed by atoms with Crippen molar-refractivity contribution in [3.05, 3.63) is 36.5 Å². The zero-order chi connectivity index (χ0) is 51.4. The largest absolute Gasteiger partial charge is 0.466 e. The molecule has 0 aromatic heterocycles. The third-order valence-corrected chi connectivity index (χ3v) is 14.7. The summed E-state index contributed by atoms with van der Waals surface area (Å²) in [7, 11) is 0. The van der Waals surface area contributed by atoms with E-state index in [1.54, 1.807) is 0 Å². The molecule has 0 aromatic rings. The molecule has 0 aromatic carbocycles. The molecular weight excluding hydrogens is 875 g/mol. The minimum Gasteiger partial charge on any atom is -0.466 e. The molecule has 0 radical (unpaired) electrons. The second kappa shape index (κ2) is 60.6. The number of hydrogen-bond acceptors (Lipinski definition) is 5. The molecule has 2 atom stereocenters. The smallest absolute Gasteiger partial charge is 0.305 e. The second-order valence-corrected chi connectivity index (χ2v) is 21.7. The Hall–Kier alpha value is -1.92. The number of allylic oxidation sites excluding steroid dienone is 6. The van der Waals surface area contributed by atoms with Crippen LogP contribution in [0.2, 0.25) is 0 Å². The number of hydrogen-bond donors (Lipinski definition) is 3. The van der Waals surface area contributed by atoms with E-state index in [4.69, 9.17) is 4.74 Å². The van der Waals surface area contributed by atoms with Crippen molar-refractivity contribution in [3.63, 3.8) is 0 Å². The molecule has 6 heteroatoms. The summed E-state index contributed by atoms with van der Waals surface area (Å²) in [4.78, 5) is 24.6. The maximum atomic E-state index is 12.5. The highest BCUT2D eigenvalue weighted by Gasteiger charge is 2.20. The van der Waals surface area contributed by atoms with E-state index in [0.717, 1.165) is 77.0 Å². The van der Waals surface area contributed by atoms with Gasteiger partial charge in [0.1, 0.15) is 0 Å². The fraction of sp³-hybridized carbons (Fsp3) is 0.877. The highest BCUT2D eigenvalue weighted by Crippen LogP contribution is 2.18. The Labute approximate surface area is 443 Å². The Morgan fingerprint density at radius 2 is 0.704 bits per heavy atom. The first kappa shape index (κ1) is 69.1. The van der Waals surface area contributed by atoms with Crippen LogP contribution < -0.4 is 5.32 Å². The van der Waals surface area contributed by atoms with Gasteiger partial charge in [0.05, 0.1) is 25.4 Å². The number of amides is 1. The van der Waals surface area contributed by atoms with Crippen molar-refractivity contribution in [1.82, 2.24) is 5.32 Å². The van der Waals surface area contributed by atoms with Crippen LogP contribution in [0.1, 0.15) is 341 Å². The molecule has 71 heavy (non-hydrogen) atoms. The summed E-state index contributed by atoms with van der Waals surface area (Å²) < 4.78 is 5.47. The van der Waals surface area contributed by atoms with Gasteiger partial charge >= 0.3 is 5.97 Å². The molecule has 0 fully saturated rings. The molecule has 0 aliphatic carbocycles. The number of rotatable bonds is 59. The van der Waals surface area contributed by atoms with Gasteiger partial charge in [-0.25, -0.2) is 0 Å². The Bertz CT molecular complexity index is 1150. The SMILES string of the molecule is CCCCCC/C=C\C/C=C\CCCCCCCCCC(=O)OCCCCCC/C=C\CCCCCCCCCC(=O)NC(CO)C(O)CCCCCCCCCCCCCCCCCCCCCCC. The summed E-state index contributed by atoms with van der Waals surface area (Å²) >= 11 is 0. The highest BCUT2D eigenvalue weighted by atomic mass is 16.5. The first-order valence-electron chi connectivity index (χ1n) is 31.7. The van der Waals surface area contributed by atoms with E-state index < -0.39 is 12.1 Å². The number of ether oxygens (including phenoxy) is 1. The minimum atomic E-state index is -0.676. The Morgan fingerprint density at radius 3 is 1.10 bits per heavy atom. The number of nitrogens with one attached hydrogen (secondary N) is 1. The van der Waals surface area contributed by atoms with Gasteiger partial charge in [-0.3, -0.25) is 9.59 Å². The lowest BCUT2D eigenvalue weighted by molar-refractivity contribution is -0.143. The first-order valence-corrected chi connectivity index (χ1v) is 31.7. The van der Waals surface area contributed by atoms with Crippen molar-refractivity contribution >= 4 is 11.9 Å². The van der Waals surface area contributed by atoms with Gasteiger partial charge in [0.25, 0.3) is 0 Å². The van der Waals surface area contributed by atoms with Crippen LogP contribution in [-0.2, 0) is 14.3 Å². The van der Waals surface area contributed by atoms with Crippen LogP contribution in [-0.4, -0.2) is 47.4 Å². The molecule has 0 saturated carbocycles. The van der Waals surface area contributed by atoms with Crippen LogP contribution >= 0.6 is 0 Å². The van der Waals surface area contributed by atoms with E-state index in [0.29, 0.717) is 25.9 Å². The Morgan fingerprint density at radius 1 is 0.394 bits per heavy atom. The molecule has 3 N–H and O–H groups in total. The Kier molecular flexibility index (Phi) is 59.0. The number of carbonyl (C=O) groups excluding carboxylic acids is 2. The van der Waals surface area contributed by atoms with Crippen molar-refractivity contribution in [2.24, 2.45) is 0 Å². The number of aliphatic hydroxyl groups is 2. The molecule has 0 aliphatic heterocycles. The second-order valence-electron chi connectivity index (χ2n) is 21.7. The molecule has 0 aliphatic rings. The van der Waals surface area contributed by atoms with Crippen molar-refractivity contribution in [2.45, 2.75) is 353 Å². The Balaban J connectivity index is 3.47. The summed E-state index contributed by atoms with van der Waals surface area (Å²) in [5.41, 5.74) is 0. The van der Waals surface area contributed by atoms with Gasteiger partial charge < -0.3 is 20.3 Å². The van der Waals surface area contributed by atoms with Crippen LogP contribution in [0, 0.1) is 0 Å². The van der Waals surface area contributed by atoms with E-state index in [2.05, 4.69) is 55.6 Å². The number of unbranched alkanes of at least 4 members (excludes halogenated alkanes) is 42. The molecule has 2 unspecified atom stereocenters.